The van der Waals surface area contributed by atoms with Crippen molar-refractivity contribution in [2.45, 2.75) is 25.7 Å². The lowest BCUT2D eigenvalue weighted by atomic mass is 10.2. The number of fused-ring (bicyclic) bond motifs is 1. The van der Waals surface area contributed by atoms with Crippen LogP contribution in [0, 0.1) is 0 Å². The van der Waals surface area contributed by atoms with Crippen LogP contribution in [0.2, 0.25) is 0 Å². The molecule has 17 heavy (non-hydrogen) atoms. The zero-order valence-corrected chi connectivity index (χ0v) is 10.5. The van der Waals surface area contributed by atoms with Gasteiger partial charge in [-0.3, -0.25) is 0 Å². The molecule has 0 bridgehead atoms. The maximum atomic E-state index is 5.64. The van der Waals surface area contributed by atoms with Crippen molar-refractivity contribution in [3.63, 3.8) is 0 Å². The second-order valence-corrected chi connectivity index (χ2v) is 4.34. The van der Waals surface area contributed by atoms with E-state index in [1.165, 1.54) is 6.42 Å². The lowest BCUT2D eigenvalue weighted by Crippen LogP contribution is -1.97. The standard InChI is InChI=1S/C13H17ClO3/c14-7-3-1-2-4-8-15-11-5-6-12-13(9-11)17-10-16-12/h5-6,9H,1-4,7-8,10H2. The molecule has 0 unspecified atom stereocenters. The highest BCUT2D eigenvalue weighted by molar-refractivity contribution is 6.17. The van der Waals surface area contributed by atoms with Gasteiger partial charge in [-0.2, -0.15) is 0 Å². The second-order valence-electron chi connectivity index (χ2n) is 3.97. The summed E-state index contributed by atoms with van der Waals surface area (Å²) in [6.45, 7) is 1.04. The molecule has 4 heteroatoms. The van der Waals surface area contributed by atoms with Crippen LogP contribution >= 0.6 is 11.6 Å². The molecule has 0 atom stereocenters. The molecule has 0 saturated heterocycles. The van der Waals surface area contributed by atoms with Crippen LogP contribution in [-0.2, 0) is 0 Å². The molecule has 0 aromatic heterocycles. The Hall–Kier alpha value is -1.09. The largest absolute Gasteiger partial charge is 0.493 e. The summed E-state index contributed by atoms with van der Waals surface area (Å²) in [6.07, 6.45) is 4.49. The highest BCUT2D eigenvalue weighted by Crippen LogP contribution is 2.35. The molecule has 1 aromatic carbocycles. The summed E-state index contributed by atoms with van der Waals surface area (Å²) in [5.74, 6) is 3.15. The van der Waals surface area contributed by atoms with Crippen LogP contribution in [0.3, 0.4) is 0 Å². The lowest BCUT2D eigenvalue weighted by molar-refractivity contribution is 0.173. The summed E-state index contributed by atoms with van der Waals surface area (Å²) in [6, 6.07) is 5.67. The summed E-state index contributed by atoms with van der Waals surface area (Å²) in [7, 11) is 0. The van der Waals surface area contributed by atoms with Gasteiger partial charge >= 0.3 is 0 Å². The SMILES string of the molecule is ClCCCCCCOc1ccc2c(c1)OCO2. The number of halogens is 1. The van der Waals surface area contributed by atoms with Crippen LogP contribution in [-0.4, -0.2) is 19.3 Å². The van der Waals surface area contributed by atoms with E-state index in [4.69, 9.17) is 25.8 Å². The van der Waals surface area contributed by atoms with E-state index < -0.39 is 0 Å². The van der Waals surface area contributed by atoms with Gasteiger partial charge in [0.25, 0.3) is 0 Å². The van der Waals surface area contributed by atoms with Gasteiger partial charge in [-0.05, 0) is 25.0 Å². The number of alkyl halides is 1. The highest BCUT2D eigenvalue weighted by atomic mass is 35.5. The first kappa shape index (κ1) is 12.4. The molecule has 0 spiro atoms. The van der Waals surface area contributed by atoms with E-state index in [1.54, 1.807) is 0 Å². The Morgan fingerprint density at radius 3 is 2.76 bits per heavy atom. The predicted molar refractivity (Wildman–Crippen MR) is 67.2 cm³/mol. The average molecular weight is 257 g/mol. The predicted octanol–water partition coefficient (Wildman–Crippen LogP) is 3.59. The van der Waals surface area contributed by atoms with Crippen molar-refractivity contribution in [2.75, 3.05) is 19.3 Å². The number of rotatable bonds is 7. The normalized spacial score (nSPS) is 12.8. The quantitative estimate of drug-likeness (QED) is 0.551. The zero-order chi connectivity index (χ0) is 11.9. The lowest BCUT2D eigenvalue weighted by Gasteiger charge is -2.06. The molecule has 3 nitrogen and oxygen atoms in total. The van der Waals surface area contributed by atoms with E-state index in [0.29, 0.717) is 6.79 Å². The fourth-order valence-electron chi connectivity index (χ4n) is 1.71. The first-order chi connectivity index (χ1) is 8.40. The van der Waals surface area contributed by atoms with Gasteiger partial charge in [0.2, 0.25) is 6.79 Å². The van der Waals surface area contributed by atoms with Gasteiger partial charge in [0.05, 0.1) is 6.61 Å². The van der Waals surface area contributed by atoms with Crippen LogP contribution in [0.25, 0.3) is 0 Å². The molecule has 0 aliphatic carbocycles. The van der Waals surface area contributed by atoms with Crippen LogP contribution < -0.4 is 14.2 Å². The van der Waals surface area contributed by atoms with Crippen LogP contribution in [0.1, 0.15) is 25.7 Å². The van der Waals surface area contributed by atoms with E-state index in [9.17, 15) is 0 Å². The molecular weight excluding hydrogens is 240 g/mol. The average Bonchev–Trinajstić information content (AvgIpc) is 2.81. The minimum atomic E-state index is 0.303. The summed E-state index contributed by atoms with van der Waals surface area (Å²) in [4.78, 5) is 0. The van der Waals surface area contributed by atoms with Crippen molar-refractivity contribution < 1.29 is 14.2 Å². The van der Waals surface area contributed by atoms with Gasteiger partial charge < -0.3 is 14.2 Å². The van der Waals surface area contributed by atoms with E-state index in [2.05, 4.69) is 0 Å². The smallest absolute Gasteiger partial charge is 0.231 e. The number of hydrogen-bond donors (Lipinski definition) is 0. The molecule has 1 aliphatic rings. The molecule has 0 N–H and O–H groups in total. The van der Waals surface area contributed by atoms with Gasteiger partial charge in [0.15, 0.2) is 11.5 Å². The van der Waals surface area contributed by atoms with E-state index in [0.717, 1.165) is 49.0 Å². The molecule has 94 valence electrons. The van der Waals surface area contributed by atoms with E-state index in [1.807, 2.05) is 18.2 Å². The third-order valence-electron chi connectivity index (χ3n) is 2.64. The topological polar surface area (TPSA) is 27.7 Å². The van der Waals surface area contributed by atoms with Gasteiger partial charge in [0, 0.05) is 11.9 Å². The Labute approximate surface area is 107 Å². The Morgan fingerprint density at radius 1 is 1.06 bits per heavy atom. The number of unbranched alkanes of at least 4 members (excludes halogenated alkanes) is 3. The molecule has 1 heterocycles. The summed E-state index contributed by atoms with van der Waals surface area (Å²) in [5, 5.41) is 0. The Balaban J connectivity index is 1.69. The van der Waals surface area contributed by atoms with Crippen LogP contribution in [0.5, 0.6) is 17.2 Å². The number of hydrogen-bond acceptors (Lipinski definition) is 3. The van der Waals surface area contributed by atoms with Crippen molar-refractivity contribution in [3.8, 4) is 17.2 Å². The third kappa shape index (κ3) is 3.70. The molecule has 0 saturated carbocycles. The minimum Gasteiger partial charge on any atom is -0.493 e. The fourth-order valence-corrected chi connectivity index (χ4v) is 1.90. The molecular formula is C13H17ClO3. The van der Waals surface area contributed by atoms with E-state index >= 15 is 0 Å². The maximum Gasteiger partial charge on any atom is 0.231 e. The van der Waals surface area contributed by atoms with Crippen LogP contribution in [0.4, 0.5) is 0 Å². The van der Waals surface area contributed by atoms with Gasteiger partial charge in [-0.15, -0.1) is 11.6 Å². The van der Waals surface area contributed by atoms with Crippen molar-refractivity contribution >= 4 is 11.6 Å². The minimum absolute atomic E-state index is 0.303. The van der Waals surface area contributed by atoms with Gasteiger partial charge in [-0.1, -0.05) is 12.8 Å². The molecule has 0 radical (unpaired) electrons. The Kier molecular flexibility index (Phi) is 4.80. The fraction of sp³-hybridized carbons (Fsp3) is 0.538. The molecule has 0 fully saturated rings. The summed E-state index contributed by atoms with van der Waals surface area (Å²) < 4.78 is 16.2. The van der Waals surface area contributed by atoms with Gasteiger partial charge in [-0.25, -0.2) is 0 Å². The van der Waals surface area contributed by atoms with Crippen molar-refractivity contribution in [1.29, 1.82) is 0 Å². The van der Waals surface area contributed by atoms with E-state index in [-0.39, 0.29) is 0 Å². The zero-order valence-electron chi connectivity index (χ0n) is 9.78. The Bertz CT molecular complexity index is 355. The summed E-state index contributed by atoms with van der Waals surface area (Å²) >= 11 is 5.61. The summed E-state index contributed by atoms with van der Waals surface area (Å²) in [5.41, 5.74) is 0. The highest BCUT2D eigenvalue weighted by Gasteiger charge is 2.13. The van der Waals surface area contributed by atoms with Crippen LogP contribution in [0.15, 0.2) is 18.2 Å². The second kappa shape index (κ2) is 6.60. The molecule has 1 aromatic rings. The number of benzene rings is 1. The monoisotopic (exact) mass is 256 g/mol. The van der Waals surface area contributed by atoms with Crippen molar-refractivity contribution in [1.82, 2.24) is 0 Å². The molecule has 2 rings (SSSR count). The van der Waals surface area contributed by atoms with Crippen molar-refractivity contribution in [3.05, 3.63) is 18.2 Å². The first-order valence-electron chi connectivity index (χ1n) is 5.98. The Morgan fingerprint density at radius 2 is 1.88 bits per heavy atom. The number of ether oxygens (including phenoxy) is 3. The van der Waals surface area contributed by atoms with Gasteiger partial charge in [0.1, 0.15) is 5.75 Å². The van der Waals surface area contributed by atoms with Crippen molar-refractivity contribution in [2.24, 2.45) is 0 Å². The third-order valence-corrected chi connectivity index (χ3v) is 2.91. The molecule has 1 aliphatic heterocycles. The first-order valence-corrected chi connectivity index (χ1v) is 6.52. The molecule has 0 amide bonds. The maximum absolute atomic E-state index is 5.64.